The molecule has 0 unspecified atom stereocenters. The van der Waals surface area contributed by atoms with Gasteiger partial charge in [0, 0.05) is 23.4 Å². The Labute approximate surface area is 144 Å². The number of rotatable bonds is 6. The molecule has 0 spiro atoms. The highest BCUT2D eigenvalue weighted by molar-refractivity contribution is 7.09. The number of hydrogen-bond donors (Lipinski definition) is 2. The van der Waals surface area contributed by atoms with E-state index in [2.05, 4.69) is 10.6 Å². The third kappa shape index (κ3) is 4.29. The maximum Gasteiger partial charge on any atom is 0.230 e. The van der Waals surface area contributed by atoms with Crippen LogP contribution in [0.15, 0.2) is 41.8 Å². The number of carbonyl (C=O) groups is 3. The number of nitrogens with one attached hydrogen (secondary N) is 2. The van der Waals surface area contributed by atoms with Gasteiger partial charge in [-0.15, -0.1) is 11.3 Å². The van der Waals surface area contributed by atoms with Gasteiger partial charge in [-0.05, 0) is 42.0 Å². The average molecular weight is 342 g/mol. The highest BCUT2D eigenvalue weighted by Crippen LogP contribution is 2.19. The van der Waals surface area contributed by atoms with Crippen LogP contribution in [0.1, 0.15) is 23.3 Å². The largest absolute Gasteiger partial charge is 0.326 e. The van der Waals surface area contributed by atoms with Gasteiger partial charge in [-0.3, -0.25) is 19.7 Å². The van der Waals surface area contributed by atoms with E-state index < -0.39 is 0 Å². The van der Waals surface area contributed by atoms with Crippen LogP contribution in [0.4, 0.5) is 5.69 Å². The molecular weight excluding hydrogens is 324 g/mol. The SMILES string of the molecule is O=C1C[C@@H](Cc2ccc(NC(=O)CCc3cccs3)cc2)C(=O)N1. The molecule has 2 aromatic rings. The molecule has 2 N–H and O–H groups in total. The number of aryl methyl sites for hydroxylation is 1. The van der Waals surface area contributed by atoms with Crippen molar-refractivity contribution < 1.29 is 14.4 Å². The van der Waals surface area contributed by atoms with Crippen LogP contribution in [0.2, 0.25) is 0 Å². The van der Waals surface area contributed by atoms with Crippen molar-refractivity contribution in [2.75, 3.05) is 5.32 Å². The molecule has 1 fully saturated rings. The minimum absolute atomic E-state index is 0.0167. The fourth-order valence-electron chi connectivity index (χ4n) is 2.70. The fourth-order valence-corrected chi connectivity index (χ4v) is 3.40. The number of imide groups is 1. The molecule has 3 amide bonds. The van der Waals surface area contributed by atoms with E-state index in [1.54, 1.807) is 11.3 Å². The molecule has 1 aromatic heterocycles. The normalized spacial score (nSPS) is 16.9. The van der Waals surface area contributed by atoms with Crippen molar-refractivity contribution >= 4 is 34.7 Å². The van der Waals surface area contributed by atoms with Gasteiger partial charge in [0.05, 0.1) is 5.92 Å². The number of hydrogen-bond acceptors (Lipinski definition) is 4. The zero-order valence-corrected chi connectivity index (χ0v) is 13.9. The summed E-state index contributed by atoms with van der Waals surface area (Å²) < 4.78 is 0. The number of benzene rings is 1. The fraction of sp³-hybridized carbons (Fsp3) is 0.278. The van der Waals surface area contributed by atoms with Gasteiger partial charge >= 0.3 is 0 Å². The van der Waals surface area contributed by atoms with Crippen molar-refractivity contribution in [2.24, 2.45) is 5.92 Å². The Morgan fingerprint density at radius 2 is 2.00 bits per heavy atom. The Kier molecular flexibility index (Phi) is 5.05. The lowest BCUT2D eigenvalue weighted by atomic mass is 9.98. The van der Waals surface area contributed by atoms with E-state index in [1.807, 2.05) is 41.8 Å². The van der Waals surface area contributed by atoms with Crippen molar-refractivity contribution in [3.05, 3.63) is 52.2 Å². The Hall–Kier alpha value is -2.47. The van der Waals surface area contributed by atoms with E-state index in [0.29, 0.717) is 12.8 Å². The monoisotopic (exact) mass is 342 g/mol. The van der Waals surface area contributed by atoms with Gasteiger partial charge < -0.3 is 5.32 Å². The molecule has 124 valence electrons. The zero-order valence-electron chi connectivity index (χ0n) is 13.1. The highest BCUT2D eigenvalue weighted by atomic mass is 32.1. The van der Waals surface area contributed by atoms with Crippen LogP contribution in [-0.2, 0) is 27.2 Å². The standard InChI is InChI=1S/C18H18N2O3S/c21-16(8-7-15-2-1-9-24-15)19-14-5-3-12(4-6-14)10-13-11-17(22)20-18(13)23/h1-6,9,13H,7-8,10-11H2,(H,19,21)(H,20,22,23)/t13-/m1/s1. The maximum absolute atomic E-state index is 12.0. The number of carbonyl (C=O) groups excluding carboxylic acids is 3. The molecule has 1 saturated heterocycles. The molecule has 0 aliphatic carbocycles. The predicted octanol–water partition coefficient (Wildman–Crippen LogP) is 2.52. The quantitative estimate of drug-likeness (QED) is 0.792. The van der Waals surface area contributed by atoms with Gasteiger partial charge in [0.1, 0.15) is 0 Å². The van der Waals surface area contributed by atoms with Gasteiger partial charge in [-0.25, -0.2) is 0 Å². The van der Waals surface area contributed by atoms with E-state index in [1.165, 1.54) is 4.88 Å². The second-order valence-corrected chi connectivity index (χ2v) is 6.87. The highest BCUT2D eigenvalue weighted by Gasteiger charge is 2.30. The Morgan fingerprint density at radius 3 is 2.62 bits per heavy atom. The third-order valence-electron chi connectivity index (χ3n) is 3.96. The first-order valence-corrected chi connectivity index (χ1v) is 8.73. The third-order valence-corrected chi connectivity index (χ3v) is 4.90. The Balaban J connectivity index is 1.50. The van der Waals surface area contributed by atoms with Crippen molar-refractivity contribution in [2.45, 2.75) is 25.7 Å². The minimum atomic E-state index is -0.288. The van der Waals surface area contributed by atoms with Crippen LogP contribution in [0.25, 0.3) is 0 Å². The summed E-state index contributed by atoms with van der Waals surface area (Å²) in [6.45, 7) is 0. The number of amides is 3. The summed E-state index contributed by atoms with van der Waals surface area (Å²) in [6.07, 6.45) is 1.98. The molecular formula is C18H18N2O3S. The average Bonchev–Trinajstić information content (AvgIpc) is 3.17. The number of thiophene rings is 1. The van der Waals surface area contributed by atoms with Gasteiger partial charge in [-0.1, -0.05) is 18.2 Å². The first-order chi connectivity index (χ1) is 11.6. The molecule has 6 heteroatoms. The zero-order chi connectivity index (χ0) is 16.9. The molecule has 5 nitrogen and oxygen atoms in total. The van der Waals surface area contributed by atoms with Crippen molar-refractivity contribution in [1.29, 1.82) is 0 Å². The summed E-state index contributed by atoms with van der Waals surface area (Å²) in [5, 5.41) is 7.19. The molecule has 24 heavy (non-hydrogen) atoms. The molecule has 1 aliphatic heterocycles. The lowest BCUT2D eigenvalue weighted by molar-refractivity contribution is -0.125. The van der Waals surface area contributed by atoms with E-state index >= 15 is 0 Å². The van der Waals surface area contributed by atoms with Gasteiger partial charge in [-0.2, -0.15) is 0 Å². The van der Waals surface area contributed by atoms with Crippen LogP contribution in [0.5, 0.6) is 0 Å². The number of anilines is 1. The lowest BCUT2D eigenvalue weighted by Crippen LogP contribution is -2.22. The maximum atomic E-state index is 12.0. The van der Waals surface area contributed by atoms with Crippen molar-refractivity contribution in [3.63, 3.8) is 0 Å². The summed E-state index contributed by atoms with van der Waals surface area (Å²) in [5.41, 5.74) is 1.71. The van der Waals surface area contributed by atoms with Gasteiger partial charge in [0.25, 0.3) is 0 Å². The molecule has 0 bridgehead atoms. The Bertz CT molecular complexity index is 738. The first-order valence-electron chi connectivity index (χ1n) is 7.85. The molecule has 1 atom stereocenters. The lowest BCUT2D eigenvalue weighted by Gasteiger charge is -2.08. The van der Waals surface area contributed by atoms with E-state index in [0.717, 1.165) is 17.7 Å². The molecule has 1 aromatic carbocycles. The molecule has 0 saturated carbocycles. The van der Waals surface area contributed by atoms with E-state index in [9.17, 15) is 14.4 Å². The van der Waals surface area contributed by atoms with Gasteiger partial charge in [0.2, 0.25) is 17.7 Å². The van der Waals surface area contributed by atoms with Crippen LogP contribution in [0, 0.1) is 5.92 Å². The summed E-state index contributed by atoms with van der Waals surface area (Å²) in [5.74, 6) is -0.716. The molecule has 3 rings (SSSR count). The summed E-state index contributed by atoms with van der Waals surface area (Å²) in [4.78, 5) is 35.9. The Morgan fingerprint density at radius 1 is 1.21 bits per heavy atom. The van der Waals surface area contributed by atoms with Crippen molar-refractivity contribution in [3.8, 4) is 0 Å². The minimum Gasteiger partial charge on any atom is -0.326 e. The van der Waals surface area contributed by atoms with E-state index in [-0.39, 0.29) is 30.1 Å². The molecule has 1 aliphatic rings. The second-order valence-electron chi connectivity index (χ2n) is 5.84. The van der Waals surface area contributed by atoms with Crippen LogP contribution < -0.4 is 10.6 Å². The predicted molar refractivity (Wildman–Crippen MR) is 92.7 cm³/mol. The summed E-state index contributed by atoms with van der Waals surface area (Å²) in [7, 11) is 0. The summed E-state index contributed by atoms with van der Waals surface area (Å²) in [6, 6.07) is 11.4. The summed E-state index contributed by atoms with van der Waals surface area (Å²) >= 11 is 1.65. The van der Waals surface area contributed by atoms with Crippen LogP contribution in [-0.4, -0.2) is 17.7 Å². The van der Waals surface area contributed by atoms with Crippen LogP contribution >= 0.6 is 11.3 Å². The first kappa shape index (κ1) is 16.4. The second kappa shape index (κ2) is 7.40. The van der Waals surface area contributed by atoms with Gasteiger partial charge in [0.15, 0.2) is 0 Å². The van der Waals surface area contributed by atoms with Crippen LogP contribution in [0.3, 0.4) is 0 Å². The van der Waals surface area contributed by atoms with E-state index in [4.69, 9.17) is 0 Å². The van der Waals surface area contributed by atoms with Crippen molar-refractivity contribution in [1.82, 2.24) is 5.32 Å². The molecule has 0 radical (unpaired) electrons. The molecule has 2 heterocycles. The smallest absolute Gasteiger partial charge is 0.230 e. The topological polar surface area (TPSA) is 75.3 Å².